The van der Waals surface area contributed by atoms with Gasteiger partial charge in [0.25, 0.3) is 0 Å². The zero-order chi connectivity index (χ0) is 8.89. The molecule has 5 heteroatoms. The predicted molar refractivity (Wildman–Crippen MR) is 52.4 cm³/mol. The molecule has 0 atom stereocenters. The highest BCUT2D eigenvalue weighted by atomic mass is 32.1. The molecule has 3 aliphatic rings. The lowest BCUT2D eigenvalue weighted by Gasteiger charge is -2.42. The van der Waals surface area contributed by atoms with E-state index < -0.39 is 0 Å². The van der Waals surface area contributed by atoms with Crippen molar-refractivity contribution in [2.45, 2.75) is 5.85 Å². The van der Waals surface area contributed by atoms with Gasteiger partial charge in [-0.15, -0.1) is 0 Å². The molecular weight excluding hydrogens is 186 g/mol. The van der Waals surface area contributed by atoms with Crippen molar-refractivity contribution >= 4 is 12.8 Å². The molecule has 0 bridgehead atoms. The summed E-state index contributed by atoms with van der Waals surface area (Å²) in [5.41, 5.74) is 0. The van der Waals surface area contributed by atoms with E-state index >= 15 is 0 Å². The van der Waals surface area contributed by atoms with E-state index in [1.165, 1.54) is 26.2 Å². The van der Waals surface area contributed by atoms with Gasteiger partial charge in [-0.1, -0.05) is 12.8 Å². The normalized spacial score (nSPS) is 34.8. The first kappa shape index (κ1) is 8.49. The summed E-state index contributed by atoms with van der Waals surface area (Å²) in [6.07, 6.45) is 0. The van der Waals surface area contributed by atoms with Gasteiger partial charge in [0.15, 0.2) is 5.85 Å². The molecule has 74 valence electrons. The van der Waals surface area contributed by atoms with Crippen LogP contribution in [0, 0.1) is 0 Å². The summed E-state index contributed by atoms with van der Waals surface area (Å²) in [4.78, 5) is 4.78. The zero-order valence-electron chi connectivity index (χ0n) is 7.65. The van der Waals surface area contributed by atoms with E-state index in [4.69, 9.17) is 4.74 Å². The number of rotatable bonds is 2. The van der Waals surface area contributed by atoms with Crippen LogP contribution in [0.4, 0.5) is 0 Å². The summed E-state index contributed by atoms with van der Waals surface area (Å²) in [6, 6.07) is 0. The Balaban J connectivity index is 1.79. The Morgan fingerprint density at radius 3 is 2.08 bits per heavy atom. The first-order valence-electron chi connectivity index (χ1n) is 4.89. The van der Waals surface area contributed by atoms with Crippen molar-refractivity contribution in [3.63, 3.8) is 0 Å². The molecule has 0 aromatic rings. The number of nitrogens with zero attached hydrogens (tertiary/aromatic N) is 3. The number of hydrogen-bond donors (Lipinski definition) is 1. The van der Waals surface area contributed by atoms with Gasteiger partial charge in [-0.05, 0) is 0 Å². The lowest BCUT2D eigenvalue weighted by atomic mass is 10.3. The van der Waals surface area contributed by atoms with E-state index in [1.54, 1.807) is 0 Å². The minimum absolute atomic E-state index is 0.111. The molecular formula is C8H15N3OS. The van der Waals surface area contributed by atoms with Gasteiger partial charge in [0.2, 0.25) is 0 Å². The summed E-state index contributed by atoms with van der Waals surface area (Å²) in [5, 5.41) is 0. The summed E-state index contributed by atoms with van der Waals surface area (Å²) < 4.78 is 8.01. The number of hydrogen-bond acceptors (Lipinski definition) is 5. The zero-order valence-corrected chi connectivity index (χ0v) is 8.54. The molecule has 3 aliphatic heterocycles. The Hall–Kier alpha value is 0.190. The SMILES string of the molecule is SN1CCOC(N2CC2)(N2CC2)C1. The van der Waals surface area contributed by atoms with Gasteiger partial charge in [-0.2, -0.15) is 0 Å². The first-order chi connectivity index (χ1) is 6.31. The molecule has 13 heavy (non-hydrogen) atoms. The van der Waals surface area contributed by atoms with Gasteiger partial charge >= 0.3 is 0 Å². The van der Waals surface area contributed by atoms with Crippen LogP contribution in [0.5, 0.6) is 0 Å². The molecule has 3 heterocycles. The Bertz CT molecular complexity index is 205. The van der Waals surface area contributed by atoms with E-state index in [9.17, 15) is 0 Å². The highest BCUT2D eigenvalue weighted by molar-refractivity contribution is 7.77. The maximum Gasteiger partial charge on any atom is 0.193 e. The maximum absolute atomic E-state index is 5.95. The van der Waals surface area contributed by atoms with Crippen LogP contribution in [0.2, 0.25) is 0 Å². The number of morpholine rings is 1. The fourth-order valence-corrected chi connectivity index (χ4v) is 2.32. The molecule has 3 rings (SSSR count). The third-order valence-electron chi connectivity index (χ3n) is 2.95. The summed E-state index contributed by atoms with van der Waals surface area (Å²) in [5.74, 6) is -0.111. The highest BCUT2D eigenvalue weighted by Crippen LogP contribution is 2.36. The van der Waals surface area contributed by atoms with E-state index in [0.29, 0.717) is 0 Å². The Labute approximate surface area is 84.0 Å². The van der Waals surface area contributed by atoms with Crippen molar-refractivity contribution in [1.29, 1.82) is 0 Å². The van der Waals surface area contributed by atoms with Gasteiger partial charge in [0.05, 0.1) is 13.2 Å². The smallest absolute Gasteiger partial charge is 0.193 e. The summed E-state index contributed by atoms with van der Waals surface area (Å²) in [6.45, 7) is 7.37. The van der Waals surface area contributed by atoms with Crippen LogP contribution in [0.15, 0.2) is 0 Å². The van der Waals surface area contributed by atoms with Crippen LogP contribution in [0.1, 0.15) is 0 Å². The molecule has 3 saturated heterocycles. The minimum atomic E-state index is -0.111. The lowest BCUT2D eigenvalue weighted by Crippen LogP contribution is -2.59. The second-order valence-corrected chi connectivity index (χ2v) is 4.52. The van der Waals surface area contributed by atoms with E-state index in [-0.39, 0.29) is 5.85 Å². The average Bonchev–Trinajstić information content (AvgIpc) is 2.98. The largest absolute Gasteiger partial charge is 0.344 e. The maximum atomic E-state index is 5.95. The summed E-state index contributed by atoms with van der Waals surface area (Å²) >= 11 is 4.42. The number of ether oxygens (including phenoxy) is 1. The third-order valence-corrected chi connectivity index (χ3v) is 3.30. The fourth-order valence-electron chi connectivity index (χ4n) is 2.06. The molecule has 4 nitrogen and oxygen atoms in total. The van der Waals surface area contributed by atoms with Gasteiger partial charge in [-0.3, -0.25) is 9.80 Å². The Morgan fingerprint density at radius 1 is 1.00 bits per heavy atom. The molecule has 0 N–H and O–H groups in total. The van der Waals surface area contributed by atoms with Crippen LogP contribution >= 0.6 is 12.8 Å². The van der Waals surface area contributed by atoms with Gasteiger partial charge in [0, 0.05) is 32.7 Å². The molecule has 0 aliphatic carbocycles. The Morgan fingerprint density at radius 2 is 1.62 bits per heavy atom. The van der Waals surface area contributed by atoms with Gasteiger partial charge in [0.1, 0.15) is 0 Å². The Kier molecular flexibility index (Phi) is 1.85. The summed E-state index contributed by atoms with van der Waals surface area (Å²) in [7, 11) is 0. The monoisotopic (exact) mass is 201 g/mol. The fraction of sp³-hybridized carbons (Fsp3) is 1.00. The molecule has 0 amide bonds. The minimum Gasteiger partial charge on any atom is -0.344 e. The second kappa shape index (κ2) is 2.84. The quantitative estimate of drug-likeness (QED) is 0.477. The van der Waals surface area contributed by atoms with Gasteiger partial charge < -0.3 is 4.74 Å². The topological polar surface area (TPSA) is 18.5 Å². The van der Waals surface area contributed by atoms with Crippen LogP contribution in [-0.2, 0) is 4.74 Å². The molecule has 0 radical (unpaired) electrons. The second-order valence-electron chi connectivity index (χ2n) is 3.95. The van der Waals surface area contributed by atoms with E-state index in [2.05, 4.69) is 26.9 Å². The predicted octanol–water partition coefficient (Wildman–Crippen LogP) is -0.552. The molecule has 0 aromatic carbocycles. The van der Waals surface area contributed by atoms with Crippen molar-refractivity contribution in [3.8, 4) is 0 Å². The van der Waals surface area contributed by atoms with Gasteiger partial charge in [-0.25, -0.2) is 4.31 Å². The highest BCUT2D eigenvalue weighted by Gasteiger charge is 2.54. The van der Waals surface area contributed by atoms with Crippen molar-refractivity contribution in [2.75, 3.05) is 45.9 Å². The van der Waals surface area contributed by atoms with Crippen LogP contribution in [0.3, 0.4) is 0 Å². The standard InChI is InChI=1S/C8H15N3OS/c13-11-5-6-12-8(7-11,9-1-2-9)10-3-4-10/h13H,1-7H2. The third kappa shape index (κ3) is 1.39. The molecule has 0 aromatic heterocycles. The number of thiol groups is 1. The van der Waals surface area contributed by atoms with Crippen molar-refractivity contribution in [3.05, 3.63) is 0 Å². The van der Waals surface area contributed by atoms with E-state index in [1.807, 2.05) is 0 Å². The lowest BCUT2D eigenvalue weighted by molar-refractivity contribution is -0.203. The first-order valence-corrected chi connectivity index (χ1v) is 5.29. The van der Waals surface area contributed by atoms with Crippen LogP contribution in [0.25, 0.3) is 0 Å². The van der Waals surface area contributed by atoms with E-state index in [0.717, 1.165) is 19.7 Å². The van der Waals surface area contributed by atoms with Crippen LogP contribution < -0.4 is 0 Å². The van der Waals surface area contributed by atoms with Crippen molar-refractivity contribution in [1.82, 2.24) is 14.1 Å². The molecule has 0 spiro atoms. The molecule has 3 fully saturated rings. The van der Waals surface area contributed by atoms with Crippen molar-refractivity contribution < 1.29 is 4.74 Å². The van der Waals surface area contributed by atoms with Crippen LogP contribution in [-0.4, -0.2) is 65.8 Å². The molecule has 0 unspecified atom stereocenters. The average molecular weight is 201 g/mol. The molecule has 0 saturated carbocycles. The van der Waals surface area contributed by atoms with Crippen molar-refractivity contribution in [2.24, 2.45) is 0 Å².